The summed E-state index contributed by atoms with van der Waals surface area (Å²) in [6.07, 6.45) is 1.61. The van der Waals surface area contributed by atoms with Crippen LogP contribution >= 0.6 is 0 Å². The summed E-state index contributed by atoms with van der Waals surface area (Å²) >= 11 is 0. The van der Waals surface area contributed by atoms with Crippen LogP contribution in [0.5, 0.6) is 0 Å². The number of amides is 1. The predicted molar refractivity (Wildman–Crippen MR) is 98.2 cm³/mol. The third-order valence-corrected chi connectivity index (χ3v) is 4.34. The van der Waals surface area contributed by atoms with Gasteiger partial charge in [-0.3, -0.25) is 14.6 Å². The van der Waals surface area contributed by atoms with Gasteiger partial charge in [0, 0.05) is 24.8 Å². The van der Waals surface area contributed by atoms with E-state index in [4.69, 9.17) is 0 Å². The van der Waals surface area contributed by atoms with Gasteiger partial charge in [-0.1, -0.05) is 36.4 Å². The van der Waals surface area contributed by atoms with E-state index in [1.54, 1.807) is 48.7 Å². The lowest BCUT2D eigenvalue weighted by Crippen LogP contribution is -2.35. The molecule has 0 bridgehead atoms. The Bertz CT molecular complexity index is 832. The van der Waals surface area contributed by atoms with Gasteiger partial charge in [0.05, 0.1) is 11.3 Å². The molecule has 1 amide bonds. The van der Waals surface area contributed by atoms with Crippen LogP contribution in [0.1, 0.15) is 17.3 Å². The van der Waals surface area contributed by atoms with Crippen molar-refractivity contribution >= 4 is 17.4 Å². The van der Waals surface area contributed by atoms with Crippen molar-refractivity contribution < 1.29 is 14.7 Å². The van der Waals surface area contributed by atoms with Crippen molar-refractivity contribution in [3.63, 3.8) is 0 Å². The van der Waals surface area contributed by atoms with E-state index < -0.39 is 17.7 Å². The summed E-state index contributed by atoms with van der Waals surface area (Å²) in [5.41, 5.74) is 1.14. The van der Waals surface area contributed by atoms with Gasteiger partial charge in [-0.2, -0.15) is 0 Å². The molecule has 0 aliphatic carbocycles. The number of likely N-dealkylation sites (N-methyl/N-ethyl adjacent to an activating group) is 1. The molecule has 0 radical (unpaired) electrons. The fourth-order valence-electron chi connectivity index (χ4n) is 3.02. The minimum absolute atomic E-state index is 0.0821. The number of ketones is 1. The molecule has 1 atom stereocenters. The second-order valence-electron chi connectivity index (χ2n) is 6.42. The zero-order valence-electron chi connectivity index (χ0n) is 14.8. The molecule has 6 heteroatoms. The maximum Gasteiger partial charge on any atom is 0.295 e. The van der Waals surface area contributed by atoms with E-state index in [1.807, 2.05) is 25.1 Å². The number of carbonyl (C=O) groups is 2. The van der Waals surface area contributed by atoms with Crippen LogP contribution in [0, 0.1) is 0 Å². The highest BCUT2D eigenvalue weighted by Crippen LogP contribution is 2.38. The Morgan fingerprint density at radius 1 is 1.12 bits per heavy atom. The van der Waals surface area contributed by atoms with E-state index in [9.17, 15) is 14.7 Å². The van der Waals surface area contributed by atoms with Gasteiger partial charge in [0.25, 0.3) is 11.7 Å². The molecule has 26 heavy (non-hydrogen) atoms. The molecule has 1 aromatic heterocycles. The van der Waals surface area contributed by atoms with Gasteiger partial charge in [-0.15, -0.1) is 0 Å². The number of aliphatic hydroxyl groups is 1. The van der Waals surface area contributed by atoms with Crippen molar-refractivity contribution in [1.82, 2.24) is 14.8 Å². The van der Waals surface area contributed by atoms with Crippen LogP contribution < -0.4 is 0 Å². The minimum Gasteiger partial charge on any atom is -0.507 e. The van der Waals surface area contributed by atoms with Gasteiger partial charge in [0.2, 0.25) is 0 Å². The topological polar surface area (TPSA) is 73.7 Å². The van der Waals surface area contributed by atoms with Gasteiger partial charge < -0.3 is 14.9 Å². The quantitative estimate of drug-likeness (QED) is 0.507. The maximum absolute atomic E-state index is 12.7. The first-order valence-electron chi connectivity index (χ1n) is 8.40. The first-order chi connectivity index (χ1) is 12.5. The van der Waals surface area contributed by atoms with Crippen molar-refractivity contribution in [2.75, 3.05) is 27.2 Å². The van der Waals surface area contributed by atoms with Crippen molar-refractivity contribution in [1.29, 1.82) is 0 Å². The van der Waals surface area contributed by atoms with E-state index in [2.05, 4.69) is 4.98 Å². The van der Waals surface area contributed by atoms with Crippen molar-refractivity contribution in [3.05, 3.63) is 71.6 Å². The number of Topliss-reactive ketones (excluding diaryl/α,β-unsaturated/α-hetero) is 1. The second kappa shape index (κ2) is 7.49. The fraction of sp³-hybridized carbons (Fsp3) is 0.250. The molecule has 0 saturated carbocycles. The largest absolute Gasteiger partial charge is 0.507 e. The summed E-state index contributed by atoms with van der Waals surface area (Å²) in [6.45, 7) is 0.964. The number of likely N-dealkylation sites (tertiary alicyclic amines) is 1. The van der Waals surface area contributed by atoms with Crippen molar-refractivity contribution in [2.24, 2.45) is 0 Å². The molecular weight excluding hydrogens is 330 g/mol. The molecule has 1 fully saturated rings. The highest BCUT2D eigenvalue weighted by Gasteiger charge is 2.46. The van der Waals surface area contributed by atoms with Crippen LogP contribution in [-0.2, 0) is 9.59 Å². The highest BCUT2D eigenvalue weighted by molar-refractivity contribution is 6.46. The molecule has 1 aromatic carbocycles. The predicted octanol–water partition coefficient (Wildman–Crippen LogP) is 2.06. The molecule has 1 aliphatic heterocycles. The Balaban J connectivity index is 2.12. The summed E-state index contributed by atoms with van der Waals surface area (Å²) in [7, 11) is 3.80. The molecule has 1 aliphatic rings. The van der Waals surface area contributed by atoms with Crippen molar-refractivity contribution in [2.45, 2.75) is 6.04 Å². The average molecular weight is 351 g/mol. The van der Waals surface area contributed by atoms with E-state index in [0.29, 0.717) is 24.3 Å². The van der Waals surface area contributed by atoms with E-state index >= 15 is 0 Å². The number of aliphatic hydroxyl groups excluding tert-OH is 1. The van der Waals surface area contributed by atoms with Crippen molar-refractivity contribution in [3.8, 4) is 0 Å². The highest BCUT2D eigenvalue weighted by atomic mass is 16.3. The Kier molecular flexibility index (Phi) is 5.14. The van der Waals surface area contributed by atoms with E-state index in [-0.39, 0.29) is 11.3 Å². The summed E-state index contributed by atoms with van der Waals surface area (Å²) in [6, 6.07) is 13.4. The SMILES string of the molecule is CN(C)CCN1C(=O)C(=O)C(=C(O)c2ccccc2)[C@H]1c1ccccn1. The van der Waals surface area contributed by atoms with Gasteiger partial charge >= 0.3 is 0 Å². The number of carbonyl (C=O) groups excluding carboxylic acids is 2. The van der Waals surface area contributed by atoms with E-state index in [0.717, 1.165) is 0 Å². The van der Waals surface area contributed by atoms with Gasteiger partial charge in [-0.25, -0.2) is 0 Å². The van der Waals surface area contributed by atoms with Gasteiger partial charge in [0.1, 0.15) is 11.8 Å². The minimum atomic E-state index is -0.698. The lowest BCUT2D eigenvalue weighted by molar-refractivity contribution is -0.140. The normalized spacial score (nSPS) is 19.3. The number of hydrogen-bond acceptors (Lipinski definition) is 5. The smallest absolute Gasteiger partial charge is 0.295 e. The Morgan fingerprint density at radius 3 is 2.42 bits per heavy atom. The number of nitrogens with zero attached hydrogens (tertiary/aromatic N) is 3. The fourth-order valence-corrected chi connectivity index (χ4v) is 3.02. The second-order valence-corrected chi connectivity index (χ2v) is 6.42. The zero-order chi connectivity index (χ0) is 18.7. The number of pyridine rings is 1. The van der Waals surface area contributed by atoms with Crippen LogP contribution in [0.2, 0.25) is 0 Å². The maximum atomic E-state index is 12.7. The third kappa shape index (κ3) is 3.36. The van der Waals surface area contributed by atoms with Gasteiger partial charge in [0.15, 0.2) is 0 Å². The monoisotopic (exact) mass is 351 g/mol. The lowest BCUT2D eigenvalue weighted by atomic mass is 9.98. The van der Waals surface area contributed by atoms with Crippen LogP contribution in [0.4, 0.5) is 0 Å². The number of aromatic nitrogens is 1. The molecule has 2 heterocycles. The first-order valence-corrected chi connectivity index (χ1v) is 8.40. The molecule has 1 saturated heterocycles. The molecule has 3 rings (SSSR count). The van der Waals surface area contributed by atoms with Gasteiger partial charge in [-0.05, 0) is 26.2 Å². The Morgan fingerprint density at radius 2 is 1.81 bits per heavy atom. The number of rotatable bonds is 5. The Labute approximate surface area is 152 Å². The summed E-state index contributed by atoms with van der Waals surface area (Å²) in [4.78, 5) is 33.1. The molecule has 0 spiro atoms. The van der Waals surface area contributed by atoms with Crippen LogP contribution in [0.3, 0.4) is 0 Å². The summed E-state index contributed by atoms with van der Waals surface area (Å²) < 4.78 is 0. The number of benzene rings is 1. The molecule has 134 valence electrons. The van der Waals surface area contributed by atoms with E-state index in [1.165, 1.54) is 4.90 Å². The molecule has 1 N–H and O–H groups in total. The van der Waals surface area contributed by atoms with Crippen LogP contribution in [0.15, 0.2) is 60.3 Å². The Hall–Kier alpha value is -2.99. The first kappa shape index (κ1) is 17.8. The summed E-state index contributed by atoms with van der Waals surface area (Å²) in [5.74, 6) is -1.47. The van der Waals surface area contributed by atoms with Crippen LogP contribution in [0.25, 0.3) is 5.76 Å². The lowest BCUT2D eigenvalue weighted by Gasteiger charge is -2.25. The molecule has 2 aromatic rings. The molecule has 0 unspecified atom stereocenters. The summed E-state index contributed by atoms with van der Waals surface area (Å²) in [5, 5.41) is 10.8. The zero-order valence-corrected chi connectivity index (χ0v) is 14.8. The molecule has 6 nitrogen and oxygen atoms in total. The number of hydrogen-bond donors (Lipinski definition) is 1. The van der Waals surface area contributed by atoms with Crippen LogP contribution in [-0.4, -0.2) is 58.8 Å². The standard InChI is InChI=1S/C20H21N3O3/c1-22(2)12-13-23-17(15-10-6-7-11-21-15)16(19(25)20(23)26)18(24)14-8-4-3-5-9-14/h3-11,17,24H,12-13H2,1-2H3/t17-/m1/s1. The molecular formula is C20H21N3O3. The average Bonchev–Trinajstić information content (AvgIpc) is 2.91. The third-order valence-electron chi connectivity index (χ3n) is 4.34.